The predicted octanol–water partition coefficient (Wildman–Crippen LogP) is 0.915. The fourth-order valence-electron chi connectivity index (χ4n) is 1.56. The molecule has 0 radical (unpaired) electrons. The molecule has 1 atom stereocenters. The van der Waals surface area contributed by atoms with Crippen molar-refractivity contribution >= 4 is 21.6 Å². The average Bonchev–Trinajstić information content (AvgIpc) is 2.38. The quantitative estimate of drug-likeness (QED) is 0.696. The van der Waals surface area contributed by atoms with E-state index in [4.69, 9.17) is 5.73 Å². The molecule has 0 spiro atoms. The molecule has 6 nitrogen and oxygen atoms in total. The first-order valence-electron chi connectivity index (χ1n) is 6.49. The number of carbonyl (C=O) groups excluding carboxylic acids is 1. The van der Waals surface area contributed by atoms with E-state index < -0.39 is 10.0 Å². The Morgan fingerprint density at radius 3 is 2.40 bits per heavy atom. The normalized spacial score (nSPS) is 12.8. The van der Waals surface area contributed by atoms with Crippen molar-refractivity contribution in [2.45, 2.75) is 26.3 Å². The summed E-state index contributed by atoms with van der Waals surface area (Å²) in [7, 11) is -3.31. The molecule has 112 valence electrons. The van der Waals surface area contributed by atoms with Crippen molar-refractivity contribution in [1.82, 2.24) is 5.32 Å². The molecule has 20 heavy (non-hydrogen) atoms. The number of nitrogens with one attached hydrogen (secondary N) is 2. The lowest BCUT2D eigenvalue weighted by Crippen LogP contribution is -2.37. The molecule has 0 aliphatic heterocycles. The van der Waals surface area contributed by atoms with E-state index in [0.717, 1.165) is 0 Å². The first kappa shape index (κ1) is 16.5. The SMILES string of the molecule is CCCS(=O)(=O)Nc1ccc(C(=O)N[C@@H](C)CN)cc1. The Hall–Kier alpha value is -1.60. The van der Waals surface area contributed by atoms with Crippen molar-refractivity contribution in [3.63, 3.8) is 0 Å². The lowest BCUT2D eigenvalue weighted by Gasteiger charge is -2.12. The van der Waals surface area contributed by atoms with Gasteiger partial charge in [-0.05, 0) is 37.6 Å². The summed E-state index contributed by atoms with van der Waals surface area (Å²) in [5, 5.41) is 2.73. The van der Waals surface area contributed by atoms with Crippen molar-refractivity contribution in [1.29, 1.82) is 0 Å². The molecule has 0 saturated heterocycles. The van der Waals surface area contributed by atoms with E-state index in [9.17, 15) is 13.2 Å². The molecule has 0 aromatic heterocycles. The molecule has 0 bridgehead atoms. The van der Waals surface area contributed by atoms with Gasteiger partial charge in [-0.15, -0.1) is 0 Å². The summed E-state index contributed by atoms with van der Waals surface area (Å²) in [5.74, 6) is -0.158. The Kier molecular flexibility index (Phi) is 5.97. The summed E-state index contributed by atoms with van der Waals surface area (Å²) in [6.45, 7) is 3.97. The number of carbonyl (C=O) groups is 1. The highest BCUT2D eigenvalue weighted by Crippen LogP contribution is 2.12. The van der Waals surface area contributed by atoms with Crippen molar-refractivity contribution in [3.05, 3.63) is 29.8 Å². The summed E-state index contributed by atoms with van der Waals surface area (Å²) < 4.78 is 25.7. The van der Waals surface area contributed by atoms with Crippen molar-refractivity contribution in [2.24, 2.45) is 5.73 Å². The molecule has 0 aliphatic carbocycles. The predicted molar refractivity (Wildman–Crippen MR) is 80.1 cm³/mol. The highest BCUT2D eigenvalue weighted by Gasteiger charge is 2.11. The van der Waals surface area contributed by atoms with E-state index in [1.807, 2.05) is 6.92 Å². The second-order valence-corrected chi connectivity index (χ2v) is 6.45. The Bertz CT molecular complexity index is 540. The lowest BCUT2D eigenvalue weighted by atomic mass is 10.2. The van der Waals surface area contributed by atoms with Crippen LogP contribution in [0.15, 0.2) is 24.3 Å². The van der Waals surface area contributed by atoms with Crippen LogP contribution in [0.2, 0.25) is 0 Å². The third-order valence-electron chi connectivity index (χ3n) is 2.62. The zero-order valence-electron chi connectivity index (χ0n) is 11.7. The van der Waals surface area contributed by atoms with Crippen LogP contribution in [0.5, 0.6) is 0 Å². The number of anilines is 1. The average molecular weight is 299 g/mol. The molecule has 7 heteroatoms. The van der Waals surface area contributed by atoms with Crippen LogP contribution in [0.1, 0.15) is 30.6 Å². The number of sulfonamides is 1. The molecule has 0 heterocycles. The number of hydrogen-bond acceptors (Lipinski definition) is 4. The Balaban J connectivity index is 2.72. The van der Waals surface area contributed by atoms with Gasteiger partial charge in [-0.3, -0.25) is 9.52 Å². The number of hydrogen-bond donors (Lipinski definition) is 3. The van der Waals surface area contributed by atoms with Crippen LogP contribution in [0.3, 0.4) is 0 Å². The van der Waals surface area contributed by atoms with Crippen molar-refractivity contribution < 1.29 is 13.2 Å². The summed E-state index contributed by atoms with van der Waals surface area (Å²) in [5.41, 5.74) is 6.34. The smallest absolute Gasteiger partial charge is 0.251 e. The van der Waals surface area contributed by atoms with E-state index >= 15 is 0 Å². The second-order valence-electron chi connectivity index (χ2n) is 4.61. The highest BCUT2D eigenvalue weighted by molar-refractivity contribution is 7.92. The first-order valence-corrected chi connectivity index (χ1v) is 8.14. The first-order chi connectivity index (χ1) is 9.38. The van der Waals surface area contributed by atoms with Crippen LogP contribution >= 0.6 is 0 Å². The second kappa shape index (κ2) is 7.25. The van der Waals surface area contributed by atoms with Crippen LogP contribution < -0.4 is 15.8 Å². The van der Waals surface area contributed by atoms with Crippen LogP contribution in [0.4, 0.5) is 5.69 Å². The number of amides is 1. The van der Waals surface area contributed by atoms with Gasteiger partial charge in [0.25, 0.3) is 5.91 Å². The fraction of sp³-hybridized carbons (Fsp3) is 0.462. The largest absolute Gasteiger partial charge is 0.348 e. The molecule has 0 unspecified atom stereocenters. The molecule has 4 N–H and O–H groups in total. The van der Waals surface area contributed by atoms with E-state index in [2.05, 4.69) is 10.0 Å². The number of rotatable bonds is 7. The van der Waals surface area contributed by atoms with Crippen LogP contribution in [0.25, 0.3) is 0 Å². The van der Waals surface area contributed by atoms with Crippen molar-refractivity contribution in [3.8, 4) is 0 Å². The summed E-state index contributed by atoms with van der Waals surface area (Å²) in [4.78, 5) is 11.8. The number of benzene rings is 1. The molecule has 0 aliphatic rings. The van der Waals surface area contributed by atoms with E-state index in [-0.39, 0.29) is 17.7 Å². The minimum atomic E-state index is -3.31. The lowest BCUT2D eigenvalue weighted by molar-refractivity contribution is 0.0941. The minimum Gasteiger partial charge on any atom is -0.348 e. The van der Waals surface area contributed by atoms with Crippen LogP contribution in [0, 0.1) is 0 Å². The zero-order chi connectivity index (χ0) is 15.2. The summed E-state index contributed by atoms with van der Waals surface area (Å²) in [6.07, 6.45) is 0.548. The minimum absolute atomic E-state index is 0.0727. The maximum absolute atomic E-state index is 11.8. The van der Waals surface area contributed by atoms with Crippen LogP contribution in [-0.2, 0) is 10.0 Å². The Labute approximate surface area is 119 Å². The fourth-order valence-corrected chi connectivity index (χ4v) is 2.69. The van der Waals surface area contributed by atoms with Crippen LogP contribution in [-0.4, -0.2) is 32.7 Å². The Morgan fingerprint density at radius 1 is 1.30 bits per heavy atom. The molecule has 1 rings (SSSR count). The van der Waals surface area contributed by atoms with E-state index in [1.54, 1.807) is 31.2 Å². The molecule has 1 aromatic rings. The maximum Gasteiger partial charge on any atom is 0.251 e. The van der Waals surface area contributed by atoms with Gasteiger partial charge in [-0.1, -0.05) is 6.92 Å². The molecule has 1 aromatic carbocycles. The maximum atomic E-state index is 11.8. The van der Waals surface area contributed by atoms with Gasteiger partial charge in [-0.2, -0.15) is 0 Å². The number of nitrogens with two attached hydrogens (primary N) is 1. The van der Waals surface area contributed by atoms with Gasteiger partial charge < -0.3 is 11.1 Å². The summed E-state index contributed by atoms with van der Waals surface area (Å²) in [6, 6.07) is 6.17. The molecule has 1 amide bonds. The van der Waals surface area contributed by atoms with Crippen molar-refractivity contribution in [2.75, 3.05) is 17.0 Å². The third-order valence-corrected chi connectivity index (χ3v) is 4.12. The monoisotopic (exact) mass is 299 g/mol. The molecular formula is C13H21N3O3S. The topological polar surface area (TPSA) is 101 Å². The summed E-state index contributed by atoms with van der Waals surface area (Å²) >= 11 is 0. The molecule has 0 saturated carbocycles. The van der Waals surface area contributed by atoms with Gasteiger partial charge in [0.15, 0.2) is 0 Å². The zero-order valence-corrected chi connectivity index (χ0v) is 12.5. The van der Waals surface area contributed by atoms with E-state index in [1.165, 1.54) is 0 Å². The Morgan fingerprint density at radius 2 is 1.90 bits per heavy atom. The molecular weight excluding hydrogens is 278 g/mol. The van der Waals surface area contributed by atoms with Gasteiger partial charge in [0, 0.05) is 23.8 Å². The van der Waals surface area contributed by atoms with E-state index in [0.29, 0.717) is 24.2 Å². The van der Waals surface area contributed by atoms with Gasteiger partial charge in [0.1, 0.15) is 0 Å². The van der Waals surface area contributed by atoms with Gasteiger partial charge in [0.2, 0.25) is 10.0 Å². The standard InChI is InChI=1S/C13H21N3O3S/c1-3-8-20(18,19)16-12-6-4-11(5-7-12)13(17)15-10(2)9-14/h4-7,10,16H,3,8-9,14H2,1-2H3,(H,15,17)/t10-/m0/s1. The van der Waals surface area contributed by atoms with Gasteiger partial charge in [-0.25, -0.2) is 8.42 Å². The van der Waals surface area contributed by atoms with Gasteiger partial charge in [0.05, 0.1) is 5.75 Å². The molecule has 0 fully saturated rings. The third kappa shape index (κ3) is 5.18. The highest BCUT2D eigenvalue weighted by atomic mass is 32.2. The van der Waals surface area contributed by atoms with Gasteiger partial charge >= 0.3 is 0 Å².